The summed E-state index contributed by atoms with van der Waals surface area (Å²) in [6.07, 6.45) is 2.12. The Bertz CT molecular complexity index is 2440. The van der Waals surface area contributed by atoms with Crippen LogP contribution in [0.1, 0.15) is 11.1 Å². The maximum absolute atomic E-state index is 12.0. The van der Waals surface area contributed by atoms with Crippen LogP contribution in [0, 0.1) is 0 Å². The average Bonchev–Trinajstić information content (AvgIpc) is 3.64. The zero-order valence-electron chi connectivity index (χ0n) is 24.5. The van der Waals surface area contributed by atoms with Crippen molar-refractivity contribution in [3.8, 4) is 34.1 Å². The first-order valence-electron chi connectivity index (χ1n) is 13.6. The van der Waals surface area contributed by atoms with E-state index < -0.39 is 32.3 Å². The number of phenols is 2. The Labute approximate surface area is 317 Å². The summed E-state index contributed by atoms with van der Waals surface area (Å²) in [4.78, 5) is 0. The zero-order valence-corrected chi connectivity index (χ0v) is 32.4. The van der Waals surface area contributed by atoms with Gasteiger partial charge in [-0.1, -0.05) is 0 Å². The molecule has 18 heteroatoms. The molecule has 4 aromatic carbocycles. The normalized spacial score (nSPS) is 12.9. The summed E-state index contributed by atoms with van der Waals surface area (Å²) >= 11 is 13.4. The Morgan fingerprint density at radius 2 is 0.940 bits per heavy atom. The third-order valence-electron chi connectivity index (χ3n) is 6.88. The molecule has 0 radical (unpaired) electrons. The minimum atomic E-state index is -5.27. The molecule has 0 fully saturated rings. The molecule has 0 unspecified atom stereocenters. The maximum atomic E-state index is 12.0. The van der Waals surface area contributed by atoms with Crippen LogP contribution in [0.3, 0.4) is 0 Å². The van der Waals surface area contributed by atoms with Gasteiger partial charge in [-0.3, -0.25) is 9.11 Å². The van der Waals surface area contributed by atoms with Gasteiger partial charge >= 0.3 is 20.8 Å². The average molecular weight is 978 g/mol. The smallest absolute Gasteiger partial charge is 0.446 e. The molecule has 0 amide bonds. The number of halogens is 4. The molecular weight excluding hydrogens is 960 g/mol. The van der Waals surface area contributed by atoms with Crippen LogP contribution in [-0.4, -0.2) is 36.2 Å². The highest BCUT2D eigenvalue weighted by atomic mass is 79.9. The summed E-state index contributed by atoms with van der Waals surface area (Å²) < 4.78 is 90.4. The molecule has 0 aliphatic heterocycles. The fourth-order valence-electron chi connectivity index (χ4n) is 4.84. The summed E-state index contributed by atoms with van der Waals surface area (Å²) in [5, 5.41) is 20.7. The topological polar surface area (TPSA) is 194 Å². The summed E-state index contributed by atoms with van der Waals surface area (Å²) in [6.45, 7) is 0. The van der Waals surface area contributed by atoms with Crippen LogP contribution in [0.4, 0.5) is 0 Å². The van der Waals surface area contributed by atoms with E-state index >= 15 is 0 Å². The van der Waals surface area contributed by atoms with Crippen LogP contribution < -0.4 is 0 Å². The highest BCUT2D eigenvalue weighted by molar-refractivity contribution is 9.11. The fraction of sp³-hybridized carbons (Fsp3) is 0. The summed E-state index contributed by atoms with van der Waals surface area (Å²) in [5.74, 6) is -0.723. The molecule has 0 saturated heterocycles. The van der Waals surface area contributed by atoms with E-state index in [4.69, 9.17) is 17.2 Å². The van der Waals surface area contributed by atoms with Crippen LogP contribution in [0.2, 0.25) is 0 Å². The standard InChI is InChI=1S/C32H18Br4O12S2/c33-21-11-17(1-3-25(21)37)27-13-19-5-15(7-23(35)31(19)45-27)9-29(47-49(39,40)41)30(48-50(42,43)44)10-16-6-20-14-28(46-32(20)24(36)8-16)18-2-4-26(38)22(34)12-18/h1-14,37-38H,(H,39,40,41)(H,42,43,44)/b29-9-,30-10+. The van der Waals surface area contributed by atoms with Crippen molar-refractivity contribution in [3.63, 3.8) is 0 Å². The highest BCUT2D eigenvalue weighted by Gasteiger charge is 2.23. The van der Waals surface area contributed by atoms with E-state index in [-0.39, 0.29) is 22.6 Å². The molecule has 2 heterocycles. The number of furan rings is 2. The lowest BCUT2D eigenvalue weighted by molar-refractivity contribution is 0.289. The van der Waals surface area contributed by atoms with Gasteiger partial charge in [0, 0.05) is 21.9 Å². The second kappa shape index (κ2) is 13.8. The van der Waals surface area contributed by atoms with E-state index in [1.54, 1.807) is 48.5 Å². The second-order valence-electron chi connectivity index (χ2n) is 10.4. The van der Waals surface area contributed by atoms with E-state index in [0.29, 0.717) is 62.5 Å². The quantitative estimate of drug-likeness (QED) is 0.0610. The van der Waals surface area contributed by atoms with E-state index in [1.165, 1.54) is 24.3 Å². The third-order valence-corrected chi connectivity index (χ3v) is 10.1. The zero-order chi connectivity index (χ0) is 36.1. The van der Waals surface area contributed by atoms with E-state index in [1.807, 2.05) is 0 Å². The largest absolute Gasteiger partial charge is 0.507 e. The number of hydrogen-bond acceptors (Lipinski definition) is 10. The highest BCUT2D eigenvalue weighted by Crippen LogP contribution is 2.39. The van der Waals surface area contributed by atoms with Gasteiger partial charge in [-0.15, -0.1) is 0 Å². The molecule has 0 saturated carbocycles. The molecule has 0 aliphatic carbocycles. The fourth-order valence-corrected chi connectivity index (χ4v) is 7.46. The van der Waals surface area contributed by atoms with E-state index in [2.05, 4.69) is 63.7 Å². The molecule has 12 nitrogen and oxygen atoms in total. The van der Waals surface area contributed by atoms with Crippen molar-refractivity contribution >= 4 is 119 Å². The number of hydrogen-bond donors (Lipinski definition) is 4. The number of benzene rings is 4. The first-order chi connectivity index (χ1) is 23.4. The molecule has 4 N–H and O–H groups in total. The molecule has 0 atom stereocenters. The Balaban J connectivity index is 1.47. The first kappa shape index (κ1) is 36.2. The van der Waals surface area contributed by atoms with Crippen LogP contribution in [0.25, 0.3) is 56.7 Å². The molecule has 258 valence electrons. The Hall–Kier alpha value is -3.62. The molecule has 0 bridgehead atoms. The minimum absolute atomic E-state index is 0.0325. The van der Waals surface area contributed by atoms with Crippen LogP contribution in [0.15, 0.2) is 111 Å². The van der Waals surface area contributed by atoms with Crippen LogP contribution >= 0.6 is 63.7 Å². The van der Waals surface area contributed by atoms with Gasteiger partial charge in [-0.05, 0) is 160 Å². The maximum Gasteiger partial charge on any atom is 0.446 e. The summed E-state index contributed by atoms with van der Waals surface area (Å²) in [6, 6.07) is 19.0. The lowest BCUT2D eigenvalue weighted by Gasteiger charge is -2.12. The monoisotopic (exact) mass is 974 g/mol. The second-order valence-corrected chi connectivity index (χ2v) is 15.9. The van der Waals surface area contributed by atoms with Crippen molar-refractivity contribution in [3.05, 3.63) is 113 Å². The Kier molecular flexibility index (Phi) is 10.0. The lowest BCUT2D eigenvalue weighted by Crippen LogP contribution is -2.11. The Morgan fingerprint density at radius 1 is 0.560 bits per heavy atom. The molecule has 6 rings (SSSR count). The number of aromatic hydroxyl groups is 2. The van der Waals surface area contributed by atoms with Crippen molar-refractivity contribution in [1.29, 1.82) is 0 Å². The predicted molar refractivity (Wildman–Crippen MR) is 199 cm³/mol. The lowest BCUT2D eigenvalue weighted by atomic mass is 10.1. The van der Waals surface area contributed by atoms with Crippen molar-refractivity contribution in [1.82, 2.24) is 0 Å². The van der Waals surface area contributed by atoms with Gasteiger partial charge in [-0.2, -0.15) is 16.8 Å². The molecule has 2 aromatic heterocycles. The molecular formula is C32H18Br4O12S2. The van der Waals surface area contributed by atoms with Gasteiger partial charge in [0.2, 0.25) is 0 Å². The van der Waals surface area contributed by atoms with Gasteiger partial charge in [-0.25, -0.2) is 0 Å². The summed E-state index contributed by atoms with van der Waals surface area (Å²) in [7, 11) is -10.5. The van der Waals surface area contributed by atoms with Crippen molar-refractivity contribution < 1.29 is 53.4 Å². The van der Waals surface area contributed by atoms with Crippen molar-refractivity contribution in [2.24, 2.45) is 0 Å². The van der Waals surface area contributed by atoms with Gasteiger partial charge in [0.25, 0.3) is 0 Å². The summed E-state index contributed by atoms with van der Waals surface area (Å²) in [5.41, 5.74) is 2.51. The Morgan fingerprint density at radius 3 is 1.28 bits per heavy atom. The number of fused-ring (bicyclic) bond motifs is 2. The van der Waals surface area contributed by atoms with Crippen molar-refractivity contribution in [2.45, 2.75) is 0 Å². The van der Waals surface area contributed by atoms with Gasteiger partial charge in [0.1, 0.15) is 34.2 Å². The van der Waals surface area contributed by atoms with E-state index in [0.717, 1.165) is 12.2 Å². The van der Waals surface area contributed by atoms with E-state index in [9.17, 15) is 36.2 Å². The molecule has 0 spiro atoms. The number of phenolic OH excluding ortho intramolecular Hbond substituents is 2. The van der Waals surface area contributed by atoms with Crippen LogP contribution in [0.5, 0.6) is 11.5 Å². The number of rotatable bonds is 9. The van der Waals surface area contributed by atoms with Gasteiger partial charge in [0.15, 0.2) is 11.5 Å². The van der Waals surface area contributed by atoms with Crippen LogP contribution in [-0.2, 0) is 29.2 Å². The van der Waals surface area contributed by atoms with Gasteiger partial charge in [0.05, 0.1) is 17.9 Å². The predicted octanol–water partition coefficient (Wildman–Crippen LogP) is 9.99. The molecule has 0 aliphatic rings. The minimum Gasteiger partial charge on any atom is -0.507 e. The third kappa shape index (κ3) is 8.29. The first-order valence-corrected chi connectivity index (χ1v) is 19.5. The molecule has 50 heavy (non-hydrogen) atoms. The van der Waals surface area contributed by atoms with Crippen molar-refractivity contribution in [2.75, 3.05) is 0 Å². The molecule has 6 aromatic rings. The van der Waals surface area contributed by atoms with Gasteiger partial charge < -0.3 is 27.4 Å². The SMILES string of the molecule is O=S(=O)(O)OC(=C\c1cc(Br)c2oc(-c3ccc(O)c(Br)c3)cc2c1)/C(=C\c1cc(Br)c2oc(-c3ccc(O)c(Br)c3)cc2c1)OS(=O)(=O)O.